The summed E-state index contributed by atoms with van der Waals surface area (Å²) in [5.41, 5.74) is -1.10. The van der Waals surface area contributed by atoms with Gasteiger partial charge < -0.3 is 4.74 Å². The Bertz CT molecular complexity index is 665. The van der Waals surface area contributed by atoms with Crippen molar-refractivity contribution in [3.05, 3.63) is 41.3 Å². The van der Waals surface area contributed by atoms with Crippen LogP contribution in [0.4, 0.5) is 13.2 Å². The van der Waals surface area contributed by atoms with Crippen molar-refractivity contribution in [3.8, 4) is 5.82 Å². The third kappa shape index (κ3) is 3.04. The minimum absolute atomic E-state index is 0.0159. The lowest BCUT2D eigenvalue weighted by atomic mass is 10.2. The number of alkyl halides is 3. The van der Waals surface area contributed by atoms with Gasteiger partial charge in [-0.25, -0.2) is 14.5 Å². The summed E-state index contributed by atoms with van der Waals surface area (Å²) in [6, 6.07) is 3.09. The average molecular weight is 299 g/mol. The van der Waals surface area contributed by atoms with Crippen molar-refractivity contribution in [2.75, 3.05) is 6.61 Å². The molecule has 2 rings (SSSR count). The quantitative estimate of drug-likeness (QED) is 0.818. The van der Waals surface area contributed by atoms with Gasteiger partial charge in [-0.2, -0.15) is 18.3 Å². The number of esters is 1. The van der Waals surface area contributed by atoms with Gasteiger partial charge in [0.2, 0.25) is 0 Å². The van der Waals surface area contributed by atoms with E-state index in [1.165, 1.54) is 19.2 Å². The molecule has 0 saturated heterocycles. The Hall–Kier alpha value is -2.38. The van der Waals surface area contributed by atoms with Crippen LogP contribution in [0.15, 0.2) is 24.5 Å². The van der Waals surface area contributed by atoms with E-state index in [9.17, 15) is 18.0 Å². The van der Waals surface area contributed by atoms with Crippen LogP contribution in [0.1, 0.15) is 28.5 Å². The molecule has 0 fully saturated rings. The van der Waals surface area contributed by atoms with E-state index in [1.807, 2.05) is 0 Å². The van der Waals surface area contributed by atoms with E-state index in [2.05, 4.69) is 14.8 Å². The third-order valence-electron chi connectivity index (χ3n) is 2.65. The predicted octanol–water partition coefficient (Wildman–Crippen LogP) is 2.77. The van der Waals surface area contributed by atoms with Gasteiger partial charge in [0.1, 0.15) is 5.56 Å². The van der Waals surface area contributed by atoms with Crippen molar-refractivity contribution in [3.63, 3.8) is 0 Å². The standard InChI is InChI=1S/C13H12F3N3O2/c1-3-21-12(20)9-7-18-19(11(9)13(14,15)16)10-6-8(2)4-5-17-10/h4-7H,3H2,1-2H3. The van der Waals surface area contributed by atoms with Crippen LogP contribution in [-0.4, -0.2) is 27.3 Å². The maximum atomic E-state index is 13.2. The number of ether oxygens (including phenoxy) is 1. The Morgan fingerprint density at radius 1 is 1.43 bits per heavy atom. The molecule has 0 radical (unpaired) electrons. The predicted molar refractivity (Wildman–Crippen MR) is 67.1 cm³/mol. The molecule has 21 heavy (non-hydrogen) atoms. The molecule has 8 heteroatoms. The molecule has 112 valence electrons. The van der Waals surface area contributed by atoms with Gasteiger partial charge in [0.05, 0.1) is 12.8 Å². The number of rotatable bonds is 3. The fourth-order valence-electron chi connectivity index (χ4n) is 1.79. The Labute approximate surface area is 118 Å². The first-order chi connectivity index (χ1) is 9.84. The van der Waals surface area contributed by atoms with E-state index in [0.29, 0.717) is 4.68 Å². The lowest BCUT2D eigenvalue weighted by Gasteiger charge is -2.12. The molecule has 0 aliphatic carbocycles. The number of carbonyl (C=O) groups is 1. The Morgan fingerprint density at radius 3 is 2.71 bits per heavy atom. The molecule has 2 aromatic heterocycles. The molecule has 2 aromatic rings. The van der Waals surface area contributed by atoms with Crippen molar-refractivity contribution < 1.29 is 22.7 Å². The van der Waals surface area contributed by atoms with E-state index < -0.39 is 23.4 Å². The normalized spacial score (nSPS) is 11.5. The van der Waals surface area contributed by atoms with E-state index in [-0.39, 0.29) is 12.4 Å². The summed E-state index contributed by atoms with van der Waals surface area (Å²) >= 11 is 0. The van der Waals surface area contributed by atoms with Gasteiger partial charge in [-0.3, -0.25) is 0 Å². The molecule has 0 spiro atoms. The number of halogens is 3. The number of carbonyl (C=O) groups excluding carboxylic acids is 1. The lowest BCUT2D eigenvalue weighted by molar-refractivity contribution is -0.143. The van der Waals surface area contributed by atoms with Gasteiger partial charge in [-0.15, -0.1) is 0 Å². The average Bonchev–Trinajstić information content (AvgIpc) is 2.83. The molecular weight excluding hydrogens is 287 g/mol. The minimum Gasteiger partial charge on any atom is -0.462 e. The summed E-state index contributed by atoms with van der Waals surface area (Å²) in [7, 11) is 0. The first-order valence-electron chi connectivity index (χ1n) is 6.10. The van der Waals surface area contributed by atoms with Crippen molar-refractivity contribution in [1.82, 2.24) is 14.8 Å². The second kappa shape index (κ2) is 5.55. The van der Waals surface area contributed by atoms with Gasteiger partial charge in [0.25, 0.3) is 0 Å². The van der Waals surface area contributed by atoms with Crippen molar-refractivity contribution in [2.45, 2.75) is 20.0 Å². The van der Waals surface area contributed by atoms with E-state index in [0.717, 1.165) is 11.8 Å². The van der Waals surface area contributed by atoms with Gasteiger partial charge in [0, 0.05) is 6.20 Å². The van der Waals surface area contributed by atoms with E-state index in [4.69, 9.17) is 0 Å². The fourth-order valence-corrected chi connectivity index (χ4v) is 1.79. The Morgan fingerprint density at radius 2 is 2.14 bits per heavy atom. The summed E-state index contributed by atoms with van der Waals surface area (Å²) in [4.78, 5) is 15.5. The van der Waals surface area contributed by atoms with Crippen LogP contribution in [0.2, 0.25) is 0 Å². The number of pyridine rings is 1. The van der Waals surface area contributed by atoms with Crippen molar-refractivity contribution >= 4 is 5.97 Å². The van der Waals surface area contributed by atoms with Crippen LogP contribution in [0.25, 0.3) is 5.82 Å². The minimum atomic E-state index is -4.76. The molecule has 0 bridgehead atoms. The largest absolute Gasteiger partial charge is 0.462 e. The molecule has 0 amide bonds. The van der Waals surface area contributed by atoms with Crippen LogP contribution in [0, 0.1) is 6.92 Å². The number of aromatic nitrogens is 3. The van der Waals surface area contributed by atoms with Gasteiger partial charge in [-0.1, -0.05) is 0 Å². The Kier molecular flexibility index (Phi) is 3.97. The van der Waals surface area contributed by atoms with Crippen LogP contribution in [-0.2, 0) is 10.9 Å². The highest BCUT2D eigenvalue weighted by Crippen LogP contribution is 2.33. The molecule has 0 aliphatic rings. The fraction of sp³-hybridized carbons (Fsp3) is 0.308. The first kappa shape index (κ1) is 15.0. The monoisotopic (exact) mass is 299 g/mol. The third-order valence-corrected chi connectivity index (χ3v) is 2.65. The molecule has 2 heterocycles. The highest BCUT2D eigenvalue weighted by molar-refractivity contribution is 5.90. The summed E-state index contributed by atoms with van der Waals surface area (Å²) in [5, 5.41) is 3.63. The second-order valence-electron chi connectivity index (χ2n) is 4.23. The van der Waals surface area contributed by atoms with Gasteiger partial charge >= 0.3 is 12.1 Å². The van der Waals surface area contributed by atoms with Gasteiger partial charge in [0.15, 0.2) is 11.5 Å². The molecule has 0 aliphatic heterocycles. The molecule has 5 nitrogen and oxygen atoms in total. The number of hydrogen-bond donors (Lipinski definition) is 0. The maximum absolute atomic E-state index is 13.2. The highest BCUT2D eigenvalue weighted by Gasteiger charge is 2.41. The number of hydrogen-bond acceptors (Lipinski definition) is 4. The van der Waals surface area contributed by atoms with Crippen LogP contribution in [0.3, 0.4) is 0 Å². The molecule has 0 unspecified atom stereocenters. The number of aryl methyl sites for hydroxylation is 1. The van der Waals surface area contributed by atoms with Crippen molar-refractivity contribution in [2.24, 2.45) is 0 Å². The second-order valence-corrected chi connectivity index (χ2v) is 4.23. The highest BCUT2D eigenvalue weighted by atomic mass is 19.4. The summed E-state index contributed by atoms with van der Waals surface area (Å²) in [5.74, 6) is -1.08. The van der Waals surface area contributed by atoms with E-state index in [1.54, 1.807) is 13.0 Å². The van der Waals surface area contributed by atoms with Crippen LogP contribution in [0.5, 0.6) is 0 Å². The summed E-state index contributed by atoms with van der Waals surface area (Å²) in [6.07, 6.45) is -2.55. The zero-order valence-corrected chi connectivity index (χ0v) is 11.3. The zero-order valence-electron chi connectivity index (χ0n) is 11.3. The van der Waals surface area contributed by atoms with E-state index >= 15 is 0 Å². The first-order valence-corrected chi connectivity index (χ1v) is 6.10. The summed E-state index contributed by atoms with van der Waals surface area (Å²) in [6.45, 7) is 3.20. The SMILES string of the molecule is CCOC(=O)c1cnn(-c2cc(C)ccn2)c1C(F)(F)F. The molecule has 0 N–H and O–H groups in total. The molecular formula is C13H12F3N3O2. The smallest absolute Gasteiger partial charge is 0.434 e. The molecule has 0 saturated carbocycles. The van der Waals surface area contributed by atoms with Crippen LogP contribution < -0.4 is 0 Å². The Balaban J connectivity index is 2.60. The lowest BCUT2D eigenvalue weighted by Crippen LogP contribution is -2.19. The topological polar surface area (TPSA) is 57.0 Å². The van der Waals surface area contributed by atoms with Crippen LogP contribution >= 0.6 is 0 Å². The zero-order chi connectivity index (χ0) is 15.6. The molecule has 0 atom stereocenters. The summed E-state index contributed by atoms with van der Waals surface area (Å²) < 4.78 is 44.9. The molecule has 0 aromatic carbocycles. The number of nitrogens with zero attached hydrogens (tertiary/aromatic N) is 3. The van der Waals surface area contributed by atoms with Crippen molar-refractivity contribution in [1.29, 1.82) is 0 Å². The maximum Gasteiger partial charge on any atom is 0.434 e. The van der Waals surface area contributed by atoms with Gasteiger partial charge in [-0.05, 0) is 31.5 Å².